The highest BCUT2D eigenvalue weighted by molar-refractivity contribution is 5.67. The van der Waals surface area contributed by atoms with Gasteiger partial charge in [0.1, 0.15) is 5.82 Å². The van der Waals surface area contributed by atoms with Crippen molar-refractivity contribution in [2.45, 2.75) is 39.5 Å². The van der Waals surface area contributed by atoms with E-state index in [-0.39, 0.29) is 5.82 Å². The Morgan fingerprint density at radius 1 is 0.840 bits per heavy atom. The highest BCUT2D eigenvalue weighted by Crippen LogP contribution is 2.25. The fraction of sp³-hybridized carbons (Fsp3) is 0.261. The maximum atomic E-state index is 14.3. The number of unbranched alkanes of at least 4 members (excludes halogenated alkanes) is 1. The molecule has 25 heavy (non-hydrogen) atoms. The molecule has 0 bridgehead atoms. The molecule has 3 rings (SSSR count). The molecule has 2 heteroatoms. The van der Waals surface area contributed by atoms with E-state index in [0.717, 1.165) is 29.5 Å². The molecule has 1 aromatic heterocycles. The van der Waals surface area contributed by atoms with Crippen molar-refractivity contribution in [1.29, 1.82) is 0 Å². The predicted molar refractivity (Wildman–Crippen MR) is 103 cm³/mol. The molecule has 0 unspecified atom stereocenters. The molecule has 0 aliphatic heterocycles. The van der Waals surface area contributed by atoms with Crippen molar-refractivity contribution < 1.29 is 4.39 Å². The standard InChI is InChI=1S/C23H24FN/c1-3-5-6-18-7-10-19(11-8-18)20-12-14-23(25-16-20)21-13-9-17(4-2)15-22(21)24/h7-16H,3-6H2,1-2H3. The molecule has 0 aliphatic rings. The Hall–Kier alpha value is -2.48. The van der Waals surface area contributed by atoms with Gasteiger partial charge in [0.25, 0.3) is 0 Å². The van der Waals surface area contributed by atoms with Crippen LogP contribution in [0.4, 0.5) is 4.39 Å². The van der Waals surface area contributed by atoms with Gasteiger partial charge >= 0.3 is 0 Å². The van der Waals surface area contributed by atoms with Gasteiger partial charge in [0.2, 0.25) is 0 Å². The van der Waals surface area contributed by atoms with E-state index in [1.165, 1.54) is 18.4 Å². The zero-order valence-corrected chi connectivity index (χ0v) is 14.9. The number of rotatable bonds is 6. The molecular weight excluding hydrogens is 309 g/mol. The fourth-order valence-electron chi connectivity index (χ4n) is 2.95. The van der Waals surface area contributed by atoms with Crippen LogP contribution in [-0.4, -0.2) is 4.98 Å². The average molecular weight is 333 g/mol. The number of benzene rings is 2. The van der Waals surface area contributed by atoms with Gasteiger partial charge in [-0.05, 0) is 54.2 Å². The molecule has 0 saturated carbocycles. The van der Waals surface area contributed by atoms with Crippen molar-refractivity contribution in [3.63, 3.8) is 0 Å². The van der Waals surface area contributed by atoms with E-state index in [0.29, 0.717) is 11.3 Å². The van der Waals surface area contributed by atoms with Crippen LogP contribution in [0.1, 0.15) is 37.8 Å². The lowest BCUT2D eigenvalue weighted by atomic mass is 10.0. The molecular formula is C23H24FN. The first kappa shape index (κ1) is 17.3. The minimum atomic E-state index is -0.208. The molecule has 3 aromatic rings. The fourth-order valence-corrected chi connectivity index (χ4v) is 2.95. The Balaban J connectivity index is 1.80. The lowest BCUT2D eigenvalue weighted by Crippen LogP contribution is -1.91. The summed E-state index contributed by atoms with van der Waals surface area (Å²) >= 11 is 0. The van der Waals surface area contributed by atoms with Gasteiger partial charge in [-0.25, -0.2) is 4.39 Å². The first-order valence-corrected chi connectivity index (χ1v) is 9.05. The van der Waals surface area contributed by atoms with Crippen molar-refractivity contribution in [2.24, 2.45) is 0 Å². The summed E-state index contributed by atoms with van der Waals surface area (Å²) in [5.41, 5.74) is 5.79. The Kier molecular flexibility index (Phi) is 5.60. The molecule has 128 valence electrons. The molecule has 1 heterocycles. The third-order valence-corrected chi connectivity index (χ3v) is 4.59. The monoisotopic (exact) mass is 333 g/mol. The van der Waals surface area contributed by atoms with Gasteiger partial charge < -0.3 is 0 Å². The van der Waals surface area contributed by atoms with Gasteiger partial charge in [-0.2, -0.15) is 0 Å². The largest absolute Gasteiger partial charge is 0.256 e. The molecule has 0 amide bonds. The van der Waals surface area contributed by atoms with Crippen molar-refractivity contribution >= 4 is 0 Å². The molecule has 0 spiro atoms. The minimum Gasteiger partial charge on any atom is -0.256 e. The quantitative estimate of drug-likeness (QED) is 0.504. The maximum Gasteiger partial charge on any atom is 0.132 e. The molecule has 0 aliphatic carbocycles. The second-order valence-corrected chi connectivity index (χ2v) is 6.40. The molecule has 0 N–H and O–H groups in total. The van der Waals surface area contributed by atoms with E-state index >= 15 is 0 Å². The highest BCUT2D eigenvalue weighted by atomic mass is 19.1. The van der Waals surface area contributed by atoms with E-state index in [9.17, 15) is 4.39 Å². The second kappa shape index (κ2) is 8.06. The van der Waals surface area contributed by atoms with Gasteiger partial charge in [0.05, 0.1) is 5.69 Å². The van der Waals surface area contributed by atoms with Crippen LogP contribution in [0, 0.1) is 5.82 Å². The summed E-state index contributed by atoms with van der Waals surface area (Å²) in [5.74, 6) is -0.208. The van der Waals surface area contributed by atoms with Crippen molar-refractivity contribution in [3.05, 3.63) is 77.7 Å². The first-order valence-electron chi connectivity index (χ1n) is 9.05. The number of pyridine rings is 1. The van der Waals surface area contributed by atoms with Gasteiger partial charge in [-0.15, -0.1) is 0 Å². The van der Waals surface area contributed by atoms with E-state index < -0.39 is 0 Å². The zero-order valence-electron chi connectivity index (χ0n) is 14.9. The smallest absolute Gasteiger partial charge is 0.132 e. The Bertz CT molecular complexity index is 820. The van der Waals surface area contributed by atoms with Crippen LogP contribution in [0.25, 0.3) is 22.4 Å². The summed E-state index contributed by atoms with van der Waals surface area (Å²) in [6.45, 7) is 4.23. The summed E-state index contributed by atoms with van der Waals surface area (Å²) in [7, 11) is 0. The predicted octanol–water partition coefficient (Wildman–Crippen LogP) is 6.46. The Morgan fingerprint density at radius 3 is 2.16 bits per heavy atom. The highest BCUT2D eigenvalue weighted by Gasteiger charge is 2.08. The van der Waals surface area contributed by atoms with E-state index in [2.05, 4.69) is 36.2 Å². The van der Waals surface area contributed by atoms with Crippen LogP contribution in [0.15, 0.2) is 60.8 Å². The van der Waals surface area contributed by atoms with Crippen LogP contribution in [0.3, 0.4) is 0 Å². The topological polar surface area (TPSA) is 12.9 Å². The molecule has 0 atom stereocenters. The third kappa shape index (κ3) is 4.14. The molecule has 1 nitrogen and oxygen atoms in total. The van der Waals surface area contributed by atoms with Crippen LogP contribution in [-0.2, 0) is 12.8 Å². The SMILES string of the molecule is CCCCc1ccc(-c2ccc(-c3ccc(CC)cc3F)nc2)cc1. The molecule has 0 fully saturated rings. The molecule has 0 radical (unpaired) electrons. The minimum absolute atomic E-state index is 0.208. The van der Waals surface area contributed by atoms with Crippen molar-refractivity contribution in [1.82, 2.24) is 4.98 Å². The molecule has 2 aromatic carbocycles. The van der Waals surface area contributed by atoms with Crippen LogP contribution in [0.2, 0.25) is 0 Å². The van der Waals surface area contributed by atoms with E-state index in [1.54, 1.807) is 6.07 Å². The van der Waals surface area contributed by atoms with Crippen molar-refractivity contribution in [2.75, 3.05) is 0 Å². The van der Waals surface area contributed by atoms with Gasteiger partial charge in [0.15, 0.2) is 0 Å². The number of hydrogen-bond acceptors (Lipinski definition) is 1. The number of hydrogen-bond donors (Lipinski definition) is 0. The zero-order chi connectivity index (χ0) is 17.6. The van der Waals surface area contributed by atoms with E-state index in [4.69, 9.17) is 0 Å². The number of halogens is 1. The summed E-state index contributed by atoms with van der Waals surface area (Å²) < 4.78 is 14.3. The van der Waals surface area contributed by atoms with Crippen LogP contribution >= 0.6 is 0 Å². The Morgan fingerprint density at radius 2 is 1.56 bits per heavy atom. The Labute approximate surface area is 149 Å². The average Bonchev–Trinajstić information content (AvgIpc) is 2.67. The summed E-state index contributed by atoms with van der Waals surface area (Å²) in [4.78, 5) is 4.47. The maximum absolute atomic E-state index is 14.3. The van der Waals surface area contributed by atoms with Gasteiger partial charge in [-0.3, -0.25) is 4.98 Å². The van der Waals surface area contributed by atoms with Gasteiger partial charge in [-0.1, -0.05) is 56.7 Å². The number of aromatic nitrogens is 1. The summed E-state index contributed by atoms with van der Waals surface area (Å²) in [5, 5.41) is 0. The summed E-state index contributed by atoms with van der Waals surface area (Å²) in [6.07, 6.45) is 6.21. The third-order valence-electron chi connectivity index (χ3n) is 4.59. The normalized spacial score (nSPS) is 10.8. The van der Waals surface area contributed by atoms with E-state index in [1.807, 2.05) is 37.4 Å². The molecule has 0 saturated heterocycles. The lowest BCUT2D eigenvalue weighted by molar-refractivity contribution is 0.628. The number of nitrogens with zero attached hydrogens (tertiary/aromatic N) is 1. The summed E-state index contributed by atoms with van der Waals surface area (Å²) in [6, 6.07) is 17.9. The van der Waals surface area contributed by atoms with Crippen LogP contribution in [0.5, 0.6) is 0 Å². The lowest BCUT2D eigenvalue weighted by Gasteiger charge is -2.07. The van der Waals surface area contributed by atoms with Gasteiger partial charge in [0, 0.05) is 17.3 Å². The van der Waals surface area contributed by atoms with Crippen LogP contribution < -0.4 is 0 Å². The first-order chi connectivity index (χ1) is 12.2. The van der Waals surface area contributed by atoms with Crippen molar-refractivity contribution in [3.8, 4) is 22.4 Å². The second-order valence-electron chi connectivity index (χ2n) is 6.40. The number of aryl methyl sites for hydroxylation is 2.